The van der Waals surface area contributed by atoms with Crippen molar-refractivity contribution in [3.63, 3.8) is 0 Å². The highest BCUT2D eigenvalue weighted by Crippen LogP contribution is 2.39. The van der Waals surface area contributed by atoms with E-state index in [1.165, 1.54) is 12.1 Å². The van der Waals surface area contributed by atoms with Crippen molar-refractivity contribution in [3.8, 4) is 80.1 Å². The molecule has 6 rings (SSSR count). The summed E-state index contributed by atoms with van der Waals surface area (Å²) in [5.41, 5.74) is -2.34. The lowest BCUT2D eigenvalue weighted by Crippen LogP contribution is -2.10. The van der Waals surface area contributed by atoms with Crippen LogP contribution in [0.1, 0.15) is 0 Å². The summed E-state index contributed by atoms with van der Waals surface area (Å²) >= 11 is 0. The molecular weight excluding hydrogens is 702 g/mol. The topological polar surface area (TPSA) is 275 Å². The highest BCUT2D eigenvalue weighted by atomic mass is 19.1. The van der Waals surface area contributed by atoms with Crippen molar-refractivity contribution in [3.05, 3.63) is 81.1 Å². The Kier molecular flexibility index (Phi) is 9.75. The standard InChI is InChI=1S/2C17H11FO8/c2*18-6-13(22)25-8-4-11(21)14-12(5-8)26-17(16(24)15(14)23)7-1-2-9(19)10(20)3-7/h2*1-5,19-21,24H,6H2. The number of alkyl halides is 2. The Balaban J connectivity index is 0.000000201. The predicted octanol–water partition coefficient (Wildman–Crippen LogP) is 4.31. The van der Waals surface area contributed by atoms with Gasteiger partial charge in [0.05, 0.1) is 0 Å². The van der Waals surface area contributed by atoms with Gasteiger partial charge in [0.25, 0.3) is 0 Å². The van der Waals surface area contributed by atoms with Crippen molar-refractivity contribution < 1.29 is 77.5 Å². The van der Waals surface area contributed by atoms with Crippen LogP contribution in [0.15, 0.2) is 79.1 Å². The second kappa shape index (κ2) is 14.2. The van der Waals surface area contributed by atoms with E-state index >= 15 is 0 Å². The van der Waals surface area contributed by atoms with Gasteiger partial charge in [-0.05, 0) is 36.4 Å². The molecular formula is C34H22F2O16. The normalized spacial score (nSPS) is 10.8. The van der Waals surface area contributed by atoms with Gasteiger partial charge in [-0.15, -0.1) is 0 Å². The van der Waals surface area contributed by atoms with Gasteiger partial charge in [-0.3, -0.25) is 9.59 Å². The molecule has 0 fully saturated rings. The fourth-order valence-corrected chi connectivity index (χ4v) is 4.69. The Bertz CT molecular complexity index is 2350. The van der Waals surface area contributed by atoms with Crippen LogP contribution in [0.25, 0.3) is 44.6 Å². The van der Waals surface area contributed by atoms with Gasteiger partial charge in [-0.2, -0.15) is 0 Å². The molecule has 2 aromatic heterocycles. The van der Waals surface area contributed by atoms with E-state index in [1.807, 2.05) is 0 Å². The molecule has 2 heterocycles. The number of carbonyl (C=O) groups excluding carboxylic acids is 2. The molecule has 0 saturated heterocycles. The first kappa shape index (κ1) is 35.8. The molecule has 0 atom stereocenters. The summed E-state index contributed by atoms with van der Waals surface area (Å²) in [5, 5.41) is 77.2. The summed E-state index contributed by atoms with van der Waals surface area (Å²) in [6, 6.07) is 10.8. The van der Waals surface area contributed by atoms with E-state index in [1.54, 1.807) is 0 Å². The molecule has 16 nitrogen and oxygen atoms in total. The maximum atomic E-state index is 12.3. The lowest BCUT2D eigenvalue weighted by atomic mass is 10.1. The first-order valence-corrected chi connectivity index (χ1v) is 14.3. The van der Waals surface area contributed by atoms with Gasteiger partial charge in [-0.1, -0.05) is 0 Å². The number of halogens is 2. The molecule has 18 heteroatoms. The number of esters is 2. The molecule has 0 radical (unpaired) electrons. The van der Waals surface area contributed by atoms with E-state index in [0.29, 0.717) is 0 Å². The van der Waals surface area contributed by atoms with Crippen LogP contribution in [-0.4, -0.2) is 66.1 Å². The van der Waals surface area contributed by atoms with Crippen LogP contribution in [0, 0.1) is 0 Å². The molecule has 0 bridgehead atoms. The lowest BCUT2D eigenvalue weighted by molar-refractivity contribution is -0.136. The minimum Gasteiger partial charge on any atom is -0.507 e. The van der Waals surface area contributed by atoms with E-state index < -0.39 is 82.1 Å². The summed E-state index contributed by atoms with van der Waals surface area (Å²) in [4.78, 5) is 46.8. The fourth-order valence-electron chi connectivity index (χ4n) is 4.69. The molecule has 4 aromatic carbocycles. The van der Waals surface area contributed by atoms with Gasteiger partial charge in [0, 0.05) is 35.4 Å². The number of rotatable bonds is 6. The second-order valence-corrected chi connectivity index (χ2v) is 10.5. The average Bonchev–Trinajstić information content (AvgIpc) is 3.10. The van der Waals surface area contributed by atoms with Crippen molar-refractivity contribution >= 4 is 33.9 Å². The SMILES string of the molecule is O=C(CF)Oc1cc(O)c2c(=O)c(O)c(-c3ccc(O)c(O)c3)oc2c1.O=C(CF)Oc1cc(O)c2c(=O)c(O)c(-c3ccc(O)c(O)c3)oc2c1. The first-order chi connectivity index (χ1) is 24.6. The minimum absolute atomic E-state index is 0.0578. The van der Waals surface area contributed by atoms with Crippen molar-refractivity contribution in [2.45, 2.75) is 0 Å². The van der Waals surface area contributed by atoms with E-state index in [2.05, 4.69) is 9.47 Å². The van der Waals surface area contributed by atoms with Crippen LogP contribution in [-0.2, 0) is 9.59 Å². The molecule has 0 aliphatic heterocycles. The van der Waals surface area contributed by atoms with Gasteiger partial charge >= 0.3 is 11.9 Å². The van der Waals surface area contributed by atoms with E-state index in [4.69, 9.17) is 8.83 Å². The van der Waals surface area contributed by atoms with Gasteiger partial charge in [0.2, 0.25) is 22.4 Å². The number of benzene rings is 4. The quantitative estimate of drug-likeness (QED) is 0.0675. The van der Waals surface area contributed by atoms with E-state index in [0.717, 1.165) is 48.5 Å². The molecule has 268 valence electrons. The third-order valence-electron chi connectivity index (χ3n) is 7.01. The van der Waals surface area contributed by atoms with Crippen LogP contribution >= 0.6 is 0 Å². The Morgan fingerprint density at radius 3 is 1.21 bits per heavy atom. The van der Waals surface area contributed by atoms with Gasteiger partial charge in [0.1, 0.15) is 44.9 Å². The fraction of sp³-hybridized carbons (Fsp3) is 0.0588. The zero-order valence-corrected chi connectivity index (χ0v) is 25.8. The number of carbonyl (C=O) groups is 2. The van der Waals surface area contributed by atoms with Gasteiger partial charge < -0.3 is 59.2 Å². The summed E-state index contributed by atoms with van der Waals surface area (Å²) in [5.74, 6) is -8.53. The highest BCUT2D eigenvalue weighted by Gasteiger charge is 2.22. The maximum Gasteiger partial charge on any atom is 0.342 e. The smallest absolute Gasteiger partial charge is 0.342 e. The van der Waals surface area contributed by atoms with E-state index in [-0.39, 0.29) is 56.1 Å². The molecule has 52 heavy (non-hydrogen) atoms. The number of aromatic hydroxyl groups is 8. The maximum absolute atomic E-state index is 12.3. The Morgan fingerprint density at radius 2 is 0.885 bits per heavy atom. The molecule has 0 amide bonds. The molecule has 6 aromatic rings. The Labute approximate surface area is 286 Å². The Hall–Kier alpha value is -7.50. The molecule has 0 aliphatic carbocycles. The third-order valence-corrected chi connectivity index (χ3v) is 7.01. The number of hydrogen-bond acceptors (Lipinski definition) is 16. The largest absolute Gasteiger partial charge is 0.507 e. The van der Waals surface area contributed by atoms with Crippen molar-refractivity contribution in [1.82, 2.24) is 0 Å². The summed E-state index contributed by atoms with van der Waals surface area (Å²) in [6.45, 7) is -2.78. The molecule has 0 spiro atoms. The molecule has 8 N–H and O–H groups in total. The monoisotopic (exact) mass is 724 g/mol. The van der Waals surface area contributed by atoms with Crippen LogP contribution in [0.4, 0.5) is 8.78 Å². The second-order valence-electron chi connectivity index (χ2n) is 10.5. The van der Waals surface area contributed by atoms with Crippen LogP contribution in [0.3, 0.4) is 0 Å². The van der Waals surface area contributed by atoms with Gasteiger partial charge in [0.15, 0.2) is 47.9 Å². The molecule has 0 saturated carbocycles. The highest BCUT2D eigenvalue weighted by molar-refractivity contribution is 5.90. The van der Waals surface area contributed by atoms with Crippen molar-refractivity contribution in [1.29, 1.82) is 0 Å². The predicted molar refractivity (Wildman–Crippen MR) is 172 cm³/mol. The minimum atomic E-state index is -1.39. The first-order valence-electron chi connectivity index (χ1n) is 14.3. The van der Waals surface area contributed by atoms with Crippen molar-refractivity contribution in [2.24, 2.45) is 0 Å². The summed E-state index contributed by atoms with van der Waals surface area (Å²) in [6.07, 6.45) is 0. The number of fused-ring (bicyclic) bond motifs is 2. The van der Waals surface area contributed by atoms with E-state index in [9.17, 15) is 68.8 Å². The third kappa shape index (κ3) is 6.97. The number of phenolic OH excluding ortho intramolecular Hbond substituents is 6. The number of phenols is 6. The molecule has 0 unspecified atom stereocenters. The number of ether oxygens (including phenoxy) is 2. The zero-order chi connectivity index (χ0) is 38.0. The van der Waals surface area contributed by atoms with Crippen LogP contribution in [0.5, 0.6) is 57.5 Å². The van der Waals surface area contributed by atoms with Crippen molar-refractivity contribution in [2.75, 3.05) is 13.3 Å². The van der Waals surface area contributed by atoms with Crippen LogP contribution < -0.4 is 20.3 Å². The average molecular weight is 725 g/mol. The molecule has 0 aliphatic rings. The van der Waals surface area contributed by atoms with Gasteiger partial charge in [-0.25, -0.2) is 18.4 Å². The number of hydrogen-bond donors (Lipinski definition) is 8. The lowest BCUT2D eigenvalue weighted by Gasteiger charge is -2.09. The summed E-state index contributed by atoms with van der Waals surface area (Å²) < 4.78 is 44.6. The van der Waals surface area contributed by atoms with Crippen LogP contribution in [0.2, 0.25) is 0 Å². The Morgan fingerprint density at radius 1 is 0.519 bits per heavy atom. The summed E-state index contributed by atoms with van der Waals surface area (Å²) in [7, 11) is 0. The zero-order valence-electron chi connectivity index (χ0n) is 25.8.